The Morgan fingerprint density at radius 3 is 2.68 bits per heavy atom. The molecule has 0 unspecified atom stereocenters. The van der Waals surface area contributed by atoms with Gasteiger partial charge >= 0.3 is 0 Å². The fourth-order valence-corrected chi connectivity index (χ4v) is 3.13. The lowest BCUT2D eigenvalue weighted by Crippen LogP contribution is -2.29. The van der Waals surface area contributed by atoms with Crippen molar-refractivity contribution in [2.75, 3.05) is 31.7 Å². The lowest BCUT2D eigenvalue weighted by atomic mass is 10.1. The lowest BCUT2D eigenvalue weighted by Gasteiger charge is -2.21. The van der Waals surface area contributed by atoms with Gasteiger partial charge in [-0.05, 0) is 12.0 Å². The summed E-state index contributed by atoms with van der Waals surface area (Å²) in [5.41, 5.74) is 2.03. The molecule has 22 heavy (non-hydrogen) atoms. The Labute approximate surface area is 133 Å². The van der Waals surface area contributed by atoms with Gasteiger partial charge in [0.15, 0.2) is 15.6 Å². The number of benzene rings is 1. The van der Waals surface area contributed by atoms with Crippen LogP contribution in [0.1, 0.15) is 5.56 Å². The Bertz CT molecular complexity index is 683. The highest BCUT2D eigenvalue weighted by atomic mass is 32.1. The molecule has 3 rings (SSSR count). The highest BCUT2D eigenvalue weighted by Gasteiger charge is 2.13. The van der Waals surface area contributed by atoms with E-state index < -0.39 is 0 Å². The smallest absolute Gasteiger partial charge is 0.191 e. The minimum absolute atomic E-state index is 0.672. The van der Waals surface area contributed by atoms with E-state index in [0.29, 0.717) is 12.3 Å². The van der Waals surface area contributed by atoms with Crippen LogP contribution in [0.5, 0.6) is 0 Å². The molecule has 114 valence electrons. The lowest BCUT2D eigenvalue weighted by molar-refractivity contribution is 0.205. The summed E-state index contributed by atoms with van der Waals surface area (Å²) in [5.74, 6) is 0. The maximum absolute atomic E-state index is 5.22. The summed E-state index contributed by atoms with van der Waals surface area (Å²) >= 11 is 1.58. The Hall–Kier alpha value is -2.05. The fourth-order valence-electron chi connectivity index (χ4n) is 2.22. The van der Waals surface area contributed by atoms with Crippen LogP contribution in [0.25, 0.3) is 10.5 Å². The van der Waals surface area contributed by atoms with Crippen LogP contribution in [0.3, 0.4) is 0 Å². The van der Waals surface area contributed by atoms with Crippen LogP contribution in [-0.4, -0.2) is 41.8 Å². The fraction of sp³-hybridized carbons (Fsp3) is 0.312. The molecule has 0 aliphatic heterocycles. The van der Waals surface area contributed by atoms with Gasteiger partial charge in [-0.1, -0.05) is 41.7 Å². The number of hydrogen-bond acceptors (Lipinski definition) is 6. The number of nitrogens with zero attached hydrogens (tertiary/aromatic N) is 4. The van der Waals surface area contributed by atoms with E-state index in [0.717, 1.165) is 29.5 Å². The summed E-state index contributed by atoms with van der Waals surface area (Å²) in [6.07, 6.45) is 4.35. The van der Waals surface area contributed by atoms with E-state index in [1.165, 1.54) is 5.56 Å². The molecule has 2 aromatic heterocycles. The third kappa shape index (κ3) is 3.58. The highest BCUT2D eigenvalue weighted by Crippen LogP contribution is 2.25. The van der Waals surface area contributed by atoms with Gasteiger partial charge in [-0.25, -0.2) is 9.97 Å². The number of anilines is 1. The Morgan fingerprint density at radius 2 is 1.91 bits per heavy atom. The van der Waals surface area contributed by atoms with Gasteiger partial charge in [0.1, 0.15) is 0 Å². The first kappa shape index (κ1) is 14.9. The average molecular weight is 314 g/mol. The number of aromatic nitrogens is 3. The van der Waals surface area contributed by atoms with Gasteiger partial charge in [0.05, 0.1) is 6.61 Å². The Balaban J connectivity index is 1.76. The van der Waals surface area contributed by atoms with Crippen molar-refractivity contribution in [3.63, 3.8) is 0 Å². The topological polar surface area (TPSA) is 51.1 Å². The summed E-state index contributed by atoms with van der Waals surface area (Å²) in [4.78, 5) is 16.3. The predicted octanol–water partition coefficient (Wildman–Crippen LogP) is 2.78. The number of methoxy groups -OCH3 is 1. The molecule has 6 heteroatoms. The van der Waals surface area contributed by atoms with E-state index in [1.807, 2.05) is 6.07 Å². The molecular formula is C16H18N4OS. The Kier molecular flexibility index (Phi) is 4.92. The van der Waals surface area contributed by atoms with Crippen molar-refractivity contribution < 1.29 is 4.74 Å². The van der Waals surface area contributed by atoms with Gasteiger partial charge in [0.2, 0.25) is 0 Å². The van der Waals surface area contributed by atoms with Crippen LogP contribution < -0.4 is 4.90 Å². The molecule has 0 saturated carbocycles. The summed E-state index contributed by atoms with van der Waals surface area (Å²) < 4.78 is 5.22. The van der Waals surface area contributed by atoms with Gasteiger partial charge < -0.3 is 9.64 Å². The number of thiazole rings is 1. The van der Waals surface area contributed by atoms with E-state index in [2.05, 4.69) is 44.1 Å². The normalized spacial score (nSPS) is 11.0. The van der Waals surface area contributed by atoms with E-state index in [4.69, 9.17) is 4.74 Å². The van der Waals surface area contributed by atoms with Crippen LogP contribution in [0.2, 0.25) is 0 Å². The second kappa shape index (κ2) is 7.29. The molecule has 1 aromatic carbocycles. The van der Waals surface area contributed by atoms with Crippen molar-refractivity contribution in [3.8, 4) is 0 Å². The van der Waals surface area contributed by atoms with Crippen LogP contribution in [0, 0.1) is 0 Å². The Morgan fingerprint density at radius 1 is 1.09 bits per heavy atom. The second-order valence-electron chi connectivity index (χ2n) is 4.90. The van der Waals surface area contributed by atoms with Gasteiger partial charge in [-0.15, -0.1) is 0 Å². The van der Waals surface area contributed by atoms with Crippen molar-refractivity contribution in [2.24, 2.45) is 0 Å². The van der Waals surface area contributed by atoms with Crippen LogP contribution in [0.4, 0.5) is 5.13 Å². The van der Waals surface area contributed by atoms with Crippen LogP contribution in [-0.2, 0) is 11.2 Å². The first-order valence-electron chi connectivity index (χ1n) is 7.22. The third-order valence-electron chi connectivity index (χ3n) is 3.39. The van der Waals surface area contributed by atoms with E-state index in [1.54, 1.807) is 30.8 Å². The number of hydrogen-bond donors (Lipinski definition) is 0. The largest absolute Gasteiger partial charge is 0.383 e. The van der Waals surface area contributed by atoms with Crippen LogP contribution in [0.15, 0.2) is 42.7 Å². The van der Waals surface area contributed by atoms with Gasteiger partial charge in [0.25, 0.3) is 0 Å². The van der Waals surface area contributed by atoms with E-state index >= 15 is 0 Å². The monoisotopic (exact) mass is 314 g/mol. The minimum Gasteiger partial charge on any atom is -0.383 e. The van der Waals surface area contributed by atoms with E-state index in [-0.39, 0.29) is 0 Å². The zero-order valence-electron chi connectivity index (χ0n) is 12.5. The molecule has 0 saturated heterocycles. The second-order valence-corrected chi connectivity index (χ2v) is 5.85. The predicted molar refractivity (Wildman–Crippen MR) is 89.4 cm³/mol. The van der Waals surface area contributed by atoms with Gasteiger partial charge in [-0.3, -0.25) is 0 Å². The molecule has 0 fully saturated rings. The molecule has 5 nitrogen and oxygen atoms in total. The molecule has 0 aliphatic carbocycles. The van der Waals surface area contributed by atoms with Gasteiger partial charge in [0, 0.05) is 32.6 Å². The maximum atomic E-state index is 5.22. The SMILES string of the molecule is COCCN(CCc1ccccc1)c1nc2nccnc2s1. The molecule has 0 radical (unpaired) electrons. The molecule has 3 aromatic rings. The van der Waals surface area contributed by atoms with Gasteiger partial charge in [-0.2, -0.15) is 4.98 Å². The molecule has 2 heterocycles. The van der Waals surface area contributed by atoms with Crippen molar-refractivity contribution in [1.29, 1.82) is 0 Å². The zero-order chi connectivity index (χ0) is 15.2. The summed E-state index contributed by atoms with van der Waals surface area (Å²) in [7, 11) is 1.72. The summed E-state index contributed by atoms with van der Waals surface area (Å²) in [6.45, 7) is 2.38. The molecule has 0 spiro atoms. The number of rotatable bonds is 7. The molecular weight excluding hydrogens is 296 g/mol. The van der Waals surface area contributed by atoms with Crippen molar-refractivity contribution >= 4 is 26.9 Å². The minimum atomic E-state index is 0.672. The summed E-state index contributed by atoms with van der Waals surface area (Å²) in [6, 6.07) is 10.5. The number of fused-ring (bicyclic) bond motifs is 1. The first-order chi connectivity index (χ1) is 10.9. The maximum Gasteiger partial charge on any atom is 0.191 e. The summed E-state index contributed by atoms with van der Waals surface area (Å²) in [5, 5.41) is 0.953. The molecule has 0 N–H and O–H groups in total. The average Bonchev–Trinajstić information content (AvgIpc) is 2.99. The number of ether oxygens (including phenoxy) is 1. The van der Waals surface area contributed by atoms with Crippen molar-refractivity contribution in [1.82, 2.24) is 15.0 Å². The third-order valence-corrected chi connectivity index (χ3v) is 4.40. The quantitative estimate of drug-likeness (QED) is 0.671. The van der Waals surface area contributed by atoms with E-state index in [9.17, 15) is 0 Å². The molecule has 0 amide bonds. The molecule has 0 aliphatic rings. The standard InChI is InChI=1S/C16H18N4OS/c1-21-12-11-20(10-7-13-5-3-2-4-6-13)16-19-14-15(22-16)18-9-8-17-14/h2-6,8-9H,7,10-12H2,1H3. The first-order valence-corrected chi connectivity index (χ1v) is 8.04. The zero-order valence-corrected chi connectivity index (χ0v) is 13.3. The highest BCUT2D eigenvalue weighted by molar-refractivity contribution is 7.21. The van der Waals surface area contributed by atoms with Crippen molar-refractivity contribution in [2.45, 2.75) is 6.42 Å². The van der Waals surface area contributed by atoms with Crippen LogP contribution >= 0.6 is 11.3 Å². The van der Waals surface area contributed by atoms with Crippen molar-refractivity contribution in [3.05, 3.63) is 48.3 Å². The molecule has 0 atom stereocenters. The molecule has 0 bridgehead atoms.